The molecule has 0 unspecified atom stereocenters. The van der Waals surface area contributed by atoms with Gasteiger partial charge < -0.3 is 9.80 Å². The van der Waals surface area contributed by atoms with E-state index in [0.717, 1.165) is 29.2 Å². The van der Waals surface area contributed by atoms with Gasteiger partial charge in [0.2, 0.25) is 5.91 Å². The monoisotopic (exact) mass is 354 g/mol. The second-order valence-electron chi connectivity index (χ2n) is 6.19. The van der Waals surface area contributed by atoms with E-state index >= 15 is 0 Å². The molecule has 0 saturated carbocycles. The highest BCUT2D eigenvalue weighted by atomic mass is 19.1. The Bertz CT molecular complexity index is 979. The van der Waals surface area contributed by atoms with E-state index in [1.54, 1.807) is 6.20 Å². The first-order valence-corrected chi connectivity index (χ1v) is 8.28. The minimum Gasteiger partial charge on any atom is -0.344 e. The number of hydrogen-bond acceptors (Lipinski definition) is 4. The van der Waals surface area contributed by atoms with E-state index in [2.05, 4.69) is 9.97 Å². The third kappa shape index (κ3) is 3.20. The molecule has 3 aromatic rings. The SMILES string of the molecule is O=C1CN(c2cnc3ccccc3n2)CCN1Cc1cc(F)ccc1F. The van der Waals surface area contributed by atoms with Crippen LogP contribution in [0.1, 0.15) is 5.56 Å². The molecule has 0 aliphatic carbocycles. The molecule has 0 bridgehead atoms. The maximum atomic E-state index is 13.8. The minimum atomic E-state index is -0.515. The molecule has 1 aliphatic rings. The average molecular weight is 354 g/mol. The van der Waals surface area contributed by atoms with Crippen molar-refractivity contribution in [3.8, 4) is 0 Å². The van der Waals surface area contributed by atoms with Gasteiger partial charge in [-0.3, -0.25) is 9.78 Å². The number of fused-ring (bicyclic) bond motifs is 1. The lowest BCUT2D eigenvalue weighted by atomic mass is 10.1. The van der Waals surface area contributed by atoms with Crippen LogP contribution in [0.3, 0.4) is 0 Å². The van der Waals surface area contributed by atoms with Crippen molar-refractivity contribution < 1.29 is 13.6 Å². The van der Waals surface area contributed by atoms with E-state index in [-0.39, 0.29) is 24.6 Å². The fourth-order valence-electron chi connectivity index (χ4n) is 3.04. The third-order valence-corrected chi connectivity index (χ3v) is 4.45. The van der Waals surface area contributed by atoms with Crippen LogP contribution in [-0.4, -0.2) is 40.4 Å². The van der Waals surface area contributed by atoms with Gasteiger partial charge in [-0.2, -0.15) is 0 Å². The van der Waals surface area contributed by atoms with Crippen molar-refractivity contribution in [1.29, 1.82) is 0 Å². The summed E-state index contributed by atoms with van der Waals surface area (Å²) in [5.41, 5.74) is 1.74. The maximum Gasteiger partial charge on any atom is 0.242 e. The summed E-state index contributed by atoms with van der Waals surface area (Å²) in [5.74, 6) is -0.551. The van der Waals surface area contributed by atoms with E-state index in [0.29, 0.717) is 18.9 Å². The third-order valence-electron chi connectivity index (χ3n) is 4.45. The van der Waals surface area contributed by atoms with Gasteiger partial charge >= 0.3 is 0 Å². The fourth-order valence-corrected chi connectivity index (χ4v) is 3.04. The van der Waals surface area contributed by atoms with E-state index < -0.39 is 11.6 Å². The average Bonchev–Trinajstić information content (AvgIpc) is 2.66. The summed E-state index contributed by atoms with van der Waals surface area (Å²) < 4.78 is 27.1. The Labute approximate surface area is 148 Å². The number of halogens is 2. The summed E-state index contributed by atoms with van der Waals surface area (Å²) >= 11 is 0. The Kier molecular flexibility index (Phi) is 4.20. The van der Waals surface area contributed by atoms with Gasteiger partial charge in [0.05, 0.1) is 23.8 Å². The fraction of sp³-hybridized carbons (Fsp3) is 0.211. The van der Waals surface area contributed by atoms with Crippen LogP contribution in [-0.2, 0) is 11.3 Å². The van der Waals surface area contributed by atoms with Crippen molar-refractivity contribution in [1.82, 2.24) is 14.9 Å². The van der Waals surface area contributed by atoms with Crippen LogP contribution in [0.2, 0.25) is 0 Å². The van der Waals surface area contributed by atoms with Crippen LogP contribution < -0.4 is 4.90 Å². The number of para-hydroxylation sites is 2. The Morgan fingerprint density at radius 3 is 2.65 bits per heavy atom. The molecule has 1 aromatic heterocycles. The van der Waals surface area contributed by atoms with Gasteiger partial charge in [0.1, 0.15) is 17.5 Å². The maximum absolute atomic E-state index is 13.8. The van der Waals surface area contributed by atoms with E-state index in [4.69, 9.17) is 0 Å². The Balaban J connectivity index is 1.49. The zero-order chi connectivity index (χ0) is 18.1. The molecule has 132 valence electrons. The highest BCUT2D eigenvalue weighted by Gasteiger charge is 2.26. The number of benzene rings is 2. The van der Waals surface area contributed by atoms with Gasteiger partial charge in [0.15, 0.2) is 0 Å². The second-order valence-corrected chi connectivity index (χ2v) is 6.19. The van der Waals surface area contributed by atoms with Crippen molar-refractivity contribution in [3.05, 3.63) is 65.9 Å². The number of piperazine rings is 1. The standard InChI is InChI=1S/C19H16F2N4O/c20-14-5-6-15(21)13(9-14)11-25-8-7-24(12-19(25)26)18-10-22-16-3-1-2-4-17(16)23-18/h1-6,9-10H,7-8,11-12H2. The molecule has 26 heavy (non-hydrogen) atoms. The second kappa shape index (κ2) is 6.67. The molecule has 5 nitrogen and oxygen atoms in total. The summed E-state index contributed by atoms with van der Waals surface area (Å²) in [6.07, 6.45) is 1.65. The molecule has 1 saturated heterocycles. The highest BCUT2D eigenvalue weighted by Crippen LogP contribution is 2.19. The first-order valence-electron chi connectivity index (χ1n) is 8.28. The number of aromatic nitrogens is 2. The van der Waals surface area contributed by atoms with Crippen LogP contribution in [0.4, 0.5) is 14.6 Å². The van der Waals surface area contributed by atoms with Crippen LogP contribution in [0.5, 0.6) is 0 Å². The van der Waals surface area contributed by atoms with E-state index in [9.17, 15) is 13.6 Å². The zero-order valence-electron chi connectivity index (χ0n) is 13.9. The van der Waals surface area contributed by atoms with Crippen LogP contribution in [0, 0.1) is 11.6 Å². The molecule has 2 heterocycles. The number of rotatable bonds is 3. The smallest absolute Gasteiger partial charge is 0.242 e. The first-order chi connectivity index (χ1) is 12.6. The Hall–Kier alpha value is -3.09. The number of carbonyl (C=O) groups is 1. The largest absolute Gasteiger partial charge is 0.344 e. The van der Waals surface area contributed by atoms with Crippen molar-refractivity contribution in [3.63, 3.8) is 0 Å². The molecule has 0 radical (unpaired) electrons. The molecule has 0 spiro atoms. The summed E-state index contributed by atoms with van der Waals surface area (Å²) in [5, 5.41) is 0. The van der Waals surface area contributed by atoms with Crippen molar-refractivity contribution in [2.45, 2.75) is 6.54 Å². The van der Waals surface area contributed by atoms with Crippen LogP contribution in [0.25, 0.3) is 11.0 Å². The van der Waals surface area contributed by atoms with Gasteiger partial charge in [-0.05, 0) is 30.3 Å². The number of hydrogen-bond donors (Lipinski definition) is 0. The van der Waals surface area contributed by atoms with Gasteiger partial charge in [-0.25, -0.2) is 13.8 Å². The summed E-state index contributed by atoms with van der Waals surface area (Å²) in [6, 6.07) is 10.8. The molecule has 7 heteroatoms. The van der Waals surface area contributed by atoms with Crippen LogP contribution >= 0.6 is 0 Å². The van der Waals surface area contributed by atoms with Gasteiger partial charge in [0, 0.05) is 25.2 Å². The molecule has 4 rings (SSSR count). The Morgan fingerprint density at radius 2 is 1.85 bits per heavy atom. The van der Waals surface area contributed by atoms with Crippen molar-refractivity contribution in [2.75, 3.05) is 24.5 Å². The lowest BCUT2D eigenvalue weighted by Gasteiger charge is -2.35. The first kappa shape index (κ1) is 16.4. The highest BCUT2D eigenvalue weighted by molar-refractivity contribution is 5.83. The molecule has 1 amide bonds. The van der Waals surface area contributed by atoms with Crippen LogP contribution in [0.15, 0.2) is 48.7 Å². The lowest BCUT2D eigenvalue weighted by Crippen LogP contribution is -2.50. The number of nitrogens with zero attached hydrogens (tertiary/aromatic N) is 4. The minimum absolute atomic E-state index is 0.0552. The molecular formula is C19H16F2N4O. The molecule has 1 fully saturated rings. The normalized spacial score (nSPS) is 14.9. The number of anilines is 1. The quantitative estimate of drug-likeness (QED) is 0.726. The lowest BCUT2D eigenvalue weighted by molar-refractivity contribution is -0.131. The molecular weight excluding hydrogens is 338 g/mol. The molecule has 2 aromatic carbocycles. The molecule has 0 N–H and O–H groups in total. The van der Waals surface area contributed by atoms with Gasteiger partial charge in [-0.15, -0.1) is 0 Å². The van der Waals surface area contributed by atoms with Gasteiger partial charge in [-0.1, -0.05) is 12.1 Å². The van der Waals surface area contributed by atoms with E-state index in [1.807, 2.05) is 29.2 Å². The van der Waals surface area contributed by atoms with Crippen molar-refractivity contribution in [2.24, 2.45) is 0 Å². The molecule has 0 atom stereocenters. The Morgan fingerprint density at radius 1 is 1.04 bits per heavy atom. The van der Waals surface area contributed by atoms with Crippen molar-refractivity contribution >= 4 is 22.8 Å². The summed E-state index contributed by atoms with van der Waals surface area (Å²) in [7, 11) is 0. The summed E-state index contributed by atoms with van der Waals surface area (Å²) in [6.45, 7) is 1.14. The molecule has 1 aliphatic heterocycles. The predicted molar refractivity (Wildman–Crippen MR) is 93.5 cm³/mol. The zero-order valence-corrected chi connectivity index (χ0v) is 13.9. The van der Waals surface area contributed by atoms with Gasteiger partial charge in [0.25, 0.3) is 0 Å². The number of amides is 1. The predicted octanol–water partition coefficient (Wildman–Crippen LogP) is 2.76. The number of carbonyl (C=O) groups excluding carboxylic acids is 1. The van der Waals surface area contributed by atoms with E-state index in [1.165, 1.54) is 4.90 Å². The summed E-state index contributed by atoms with van der Waals surface area (Å²) in [4.78, 5) is 24.8. The topological polar surface area (TPSA) is 49.3 Å².